The molecule has 1 N–H and O–H groups in total. The summed E-state index contributed by atoms with van der Waals surface area (Å²) in [7, 11) is 0. The first-order chi connectivity index (χ1) is 14.9. The predicted octanol–water partition coefficient (Wildman–Crippen LogP) is 7.15. The molecule has 0 fully saturated rings. The van der Waals surface area contributed by atoms with Gasteiger partial charge in [-0.1, -0.05) is 31.5 Å². The molecule has 0 aliphatic heterocycles. The van der Waals surface area contributed by atoms with Crippen molar-refractivity contribution in [2.24, 2.45) is 0 Å². The van der Waals surface area contributed by atoms with E-state index in [9.17, 15) is 4.79 Å². The van der Waals surface area contributed by atoms with Crippen molar-refractivity contribution in [3.8, 4) is 11.5 Å². The number of fused-ring (bicyclic) bond motifs is 1. The van der Waals surface area contributed by atoms with Crippen LogP contribution in [0.1, 0.15) is 42.0 Å². The van der Waals surface area contributed by atoms with Gasteiger partial charge in [0.2, 0.25) is 5.91 Å². The van der Waals surface area contributed by atoms with Crippen LogP contribution in [0, 0.1) is 13.8 Å². The number of anilines is 1. The van der Waals surface area contributed by atoms with Gasteiger partial charge in [-0.2, -0.15) is 0 Å². The molecule has 4 nitrogen and oxygen atoms in total. The lowest BCUT2D eigenvalue weighted by molar-refractivity contribution is -0.115. The summed E-state index contributed by atoms with van der Waals surface area (Å²) in [5.41, 5.74) is 6.12. The van der Waals surface area contributed by atoms with E-state index < -0.39 is 0 Å². The molecule has 0 saturated carbocycles. The largest absolute Gasteiger partial charge is 0.464 e. The number of aryl methyl sites for hydroxylation is 2. The number of rotatable bonds is 6. The molecule has 0 aliphatic rings. The van der Waals surface area contributed by atoms with E-state index in [1.165, 1.54) is 16.7 Å². The second-order valence-electron chi connectivity index (χ2n) is 8.29. The van der Waals surface area contributed by atoms with Crippen LogP contribution in [-0.4, -0.2) is 5.91 Å². The molecule has 1 heterocycles. The minimum absolute atomic E-state index is 0.0819. The lowest BCUT2D eigenvalue weighted by atomic mass is 9.95. The molecule has 0 saturated heterocycles. The fourth-order valence-corrected chi connectivity index (χ4v) is 3.73. The van der Waals surface area contributed by atoms with E-state index in [1.54, 1.807) is 6.26 Å². The van der Waals surface area contributed by atoms with Gasteiger partial charge in [-0.15, -0.1) is 0 Å². The van der Waals surface area contributed by atoms with Crippen molar-refractivity contribution >= 4 is 22.6 Å². The Morgan fingerprint density at radius 2 is 1.61 bits per heavy atom. The maximum atomic E-state index is 12.6. The van der Waals surface area contributed by atoms with E-state index in [0.29, 0.717) is 5.92 Å². The fourth-order valence-electron chi connectivity index (χ4n) is 3.73. The van der Waals surface area contributed by atoms with Crippen molar-refractivity contribution in [3.63, 3.8) is 0 Å². The minimum atomic E-state index is -0.0819. The van der Waals surface area contributed by atoms with Gasteiger partial charge in [0.15, 0.2) is 0 Å². The zero-order valence-corrected chi connectivity index (χ0v) is 18.4. The Kier molecular flexibility index (Phi) is 5.81. The van der Waals surface area contributed by atoms with E-state index in [2.05, 4.69) is 38.2 Å². The van der Waals surface area contributed by atoms with Gasteiger partial charge in [0, 0.05) is 16.6 Å². The summed E-state index contributed by atoms with van der Waals surface area (Å²) < 4.78 is 11.5. The normalized spacial score (nSPS) is 11.1. The Morgan fingerprint density at radius 3 is 2.26 bits per heavy atom. The van der Waals surface area contributed by atoms with E-state index in [1.807, 2.05) is 55.5 Å². The topological polar surface area (TPSA) is 51.5 Å². The number of ether oxygens (including phenoxy) is 1. The maximum Gasteiger partial charge on any atom is 0.228 e. The molecule has 0 spiro atoms. The summed E-state index contributed by atoms with van der Waals surface area (Å²) >= 11 is 0. The standard InChI is InChI=1S/C27H27NO3/c1-17(2)24-15-25-20(16-30-26(25)13-19(24)4)14-27(29)28-21-7-11-23(12-8-21)31-22-9-5-18(3)6-10-22/h5-13,15-17H,14H2,1-4H3,(H,28,29). The van der Waals surface area contributed by atoms with E-state index >= 15 is 0 Å². The number of carbonyl (C=O) groups is 1. The van der Waals surface area contributed by atoms with Crippen LogP contribution in [0.4, 0.5) is 5.69 Å². The summed E-state index contributed by atoms with van der Waals surface area (Å²) in [6, 6.07) is 19.5. The molecule has 31 heavy (non-hydrogen) atoms. The second-order valence-corrected chi connectivity index (χ2v) is 8.29. The molecule has 3 aromatic carbocycles. The first kappa shape index (κ1) is 20.7. The highest BCUT2D eigenvalue weighted by Crippen LogP contribution is 2.29. The quantitative estimate of drug-likeness (QED) is 0.365. The molecule has 0 radical (unpaired) electrons. The van der Waals surface area contributed by atoms with Crippen LogP contribution < -0.4 is 10.1 Å². The Morgan fingerprint density at radius 1 is 0.968 bits per heavy atom. The van der Waals surface area contributed by atoms with Crippen LogP contribution in [0.25, 0.3) is 11.0 Å². The average Bonchev–Trinajstić information content (AvgIpc) is 3.11. The zero-order valence-electron chi connectivity index (χ0n) is 18.4. The van der Waals surface area contributed by atoms with Crippen molar-refractivity contribution in [1.82, 2.24) is 0 Å². The summed E-state index contributed by atoms with van der Waals surface area (Å²) in [5.74, 6) is 1.84. The van der Waals surface area contributed by atoms with Crippen LogP contribution in [0.3, 0.4) is 0 Å². The van der Waals surface area contributed by atoms with Crippen LogP contribution in [0.5, 0.6) is 11.5 Å². The minimum Gasteiger partial charge on any atom is -0.464 e. The van der Waals surface area contributed by atoms with Gasteiger partial charge in [-0.25, -0.2) is 0 Å². The number of hydrogen-bond donors (Lipinski definition) is 1. The number of carbonyl (C=O) groups excluding carboxylic acids is 1. The zero-order chi connectivity index (χ0) is 22.0. The molecule has 0 aliphatic carbocycles. The number of hydrogen-bond acceptors (Lipinski definition) is 3. The van der Waals surface area contributed by atoms with Crippen molar-refractivity contribution in [2.45, 2.75) is 40.0 Å². The number of nitrogens with one attached hydrogen (secondary N) is 1. The molecule has 1 amide bonds. The second kappa shape index (κ2) is 8.68. The van der Waals surface area contributed by atoms with Crippen molar-refractivity contribution in [3.05, 3.63) is 89.2 Å². The number of benzene rings is 3. The molecule has 1 aromatic heterocycles. The lowest BCUT2D eigenvalue weighted by Gasteiger charge is -2.10. The Bertz CT molecular complexity index is 1200. The fraction of sp³-hybridized carbons (Fsp3) is 0.222. The molecule has 158 valence electrons. The Balaban J connectivity index is 1.43. The Labute approximate surface area is 182 Å². The summed E-state index contributed by atoms with van der Waals surface area (Å²) in [6.45, 7) is 8.48. The molecule has 4 aromatic rings. The van der Waals surface area contributed by atoms with Crippen LogP contribution >= 0.6 is 0 Å². The van der Waals surface area contributed by atoms with E-state index in [-0.39, 0.29) is 12.3 Å². The highest BCUT2D eigenvalue weighted by Gasteiger charge is 2.14. The van der Waals surface area contributed by atoms with Gasteiger partial charge in [0.25, 0.3) is 0 Å². The molecular formula is C27H27NO3. The van der Waals surface area contributed by atoms with Gasteiger partial charge in [0.1, 0.15) is 17.1 Å². The first-order valence-electron chi connectivity index (χ1n) is 10.5. The van der Waals surface area contributed by atoms with E-state index in [4.69, 9.17) is 9.15 Å². The van der Waals surface area contributed by atoms with E-state index in [0.717, 1.165) is 33.7 Å². The van der Waals surface area contributed by atoms with Crippen molar-refractivity contribution < 1.29 is 13.9 Å². The first-order valence-corrected chi connectivity index (χ1v) is 10.5. The molecule has 0 bridgehead atoms. The third-order valence-corrected chi connectivity index (χ3v) is 5.41. The molecule has 4 heteroatoms. The molecule has 0 unspecified atom stereocenters. The molecule has 0 atom stereocenters. The van der Waals surface area contributed by atoms with Gasteiger partial charge >= 0.3 is 0 Å². The van der Waals surface area contributed by atoms with Gasteiger partial charge in [-0.3, -0.25) is 4.79 Å². The Hall–Kier alpha value is -3.53. The van der Waals surface area contributed by atoms with Crippen LogP contribution in [0.2, 0.25) is 0 Å². The number of amides is 1. The molecule has 4 rings (SSSR count). The average molecular weight is 414 g/mol. The van der Waals surface area contributed by atoms with Gasteiger partial charge < -0.3 is 14.5 Å². The van der Waals surface area contributed by atoms with Crippen molar-refractivity contribution in [1.29, 1.82) is 0 Å². The smallest absolute Gasteiger partial charge is 0.228 e. The van der Waals surface area contributed by atoms with Crippen LogP contribution in [-0.2, 0) is 11.2 Å². The van der Waals surface area contributed by atoms with Gasteiger partial charge in [-0.05, 0) is 79.4 Å². The van der Waals surface area contributed by atoms with Crippen molar-refractivity contribution in [2.75, 3.05) is 5.32 Å². The monoisotopic (exact) mass is 413 g/mol. The van der Waals surface area contributed by atoms with Gasteiger partial charge in [0.05, 0.1) is 12.7 Å². The number of furan rings is 1. The molecular weight excluding hydrogens is 386 g/mol. The third-order valence-electron chi connectivity index (χ3n) is 5.41. The summed E-state index contributed by atoms with van der Waals surface area (Å²) in [6.07, 6.45) is 1.95. The summed E-state index contributed by atoms with van der Waals surface area (Å²) in [5, 5.41) is 3.96. The third kappa shape index (κ3) is 4.80. The lowest BCUT2D eigenvalue weighted by Crippen LogP contribution is -2.14. The SMILES string of the molecule is Cc1ccc(Oc2ccc(NC(=O)Cc3coc4cc(C)c(C(C)C)cc34)cc2)cc1. The maximum absolute atomic E-state index is 12.6. The van der Waals surface area contributed by atoms with Crippen LogP contribution in [0.15, 0.2) is 71.3 Å². The predicted molar refractivity (Wildman–Crippen MR) is 125 cm³/mol. The summed E-state index contributed by atoms with van der Waals surface area (Å²) in [4.78, 5) is 12.6. The highest BCUT2D eigenvalue weighted by molar-refractivity contribution is 5.95. The highest BCUT2D eigenvalue weighted by atomic mass is 16.5.